The summed E-state index contributed by atoms with van der Waals surface area (Å²) in [4.78, 5) is 6.32. The van der Waals surface area contributed by atoms with E-state index in [1.54, 1.807) is 6.20 Å². The highest BCUT2D eigenvalue weighted by Crippen LogP contribution is 2.41. The highest BCUT2D eigenvalue weighted by Gasteiger charge is 2.15. The Morgan fingerprint density at radius 2 is 1.89 bits per heavy atom. The van der Waals surface area contributed by atoms with Crippen molar-refractivity contribution in [3.05, 3.63) is 29.4 Å². The van der Waals surface area contributed by atoms with E-state index in [4.69, 9.17) is 0 Å². The van der Waals surface area contributed by atoms with E-state index in [9.17, 15) is 15.3 Å². The Balaban J connectivity index is 2.19. The van der Waals surface area contributed by atoms with Gasteiger partial charge < -0.3 is 15.3 Å². The maximum atomic E-state index is 9.79. The molecule has 0 saturated heterocycles. The van der Waals surface area contributed by atoms with Crippen LogP contribution in [0.4, 0.5) is 0 Å². The number of phenols is 3. The van der Waals surface area contributed by atoms with E-state index in [0.29, 0.717) is 11.3 Å². The third-order valence-corrected chi connectivity index (χ3v) is 3.59. The summed E-state index contributed by atoms with van der Waals surface area (Å²) >= 11 is 1.54. The molecule has 5 nitrogen and oxygen atoms in total. The molecule has 18 heavy (non-hydrogen) atoms. The van der Waals surface area contributed by atoms with Crippen molar-refractivity contribution in [3.63, 3.8) is 0 Å². The zero-order chi connectivity index (χ0) is 12.9. The van der Waals surface area contributed by atoms with Gasteiger partial charge in [0.05, 0.1) is 5.69 Å². The molecule has 0 spiro atoms. The van der Waals surface area contributed by atoms with Crippen LogP contribution in [0.5, 0.6) is 17.2 Å². The quantitative estimate of drug-likeness (QED) is 0.589. The fourth-order valence-electron chi connectivity index (χ4n) is 1.82. The molecule has 0 unspecified atom stereocenters. The maximum Gasteiger partial charge on any atom is 0.200 e. The normalized spacial score (nSPS) is 11.2. The summed E-state index contributed by atoms with van der Waals surface area (Å²) in [5, 5.41) is 28.6. The van der Waals surface area contributed by atoms with Gasteiger partial charge in [0.15, 0.2) is 16.5 Å². The first-order valence-electron chi connectivity index (χ1n) is 5.25. The number of hydrogen-bond acceptors (Lipinski definition) is 5. The van der Waals surface area contributed by atoms with E-state index in [0.717, 1.165) is 9.84 Å². The molecule has 0 bridgehead atoms. The molecule has 2 aromatic heterocycles. The molecule has 1 aromatic carbocycles. The molecule has 0 aliphatic carbocycles. The van der Waals surface area contributed by atoms with Crippen molar-refractivity contribution in [1.29, 1.82) is 0 Å². The Labute approximate surface area is 106 Å². The van der Waals surface area contributed by atoms with Crippen molar-refractivity contribution in [1.82, 2.24) is 9.38 Å². The van der Waals surface area contributed by atoms with Crippen LogP contribution in [0.1, 0.15) is 4.88 Å². The monoisotopic (exact) mass is 262 g/mol. The SMILES string of the molecule is Cc1cn2cc(-c3ccc(O)c(O)c3O)nc2s1. The second-order valence-electron chi connectivity index (χ2n) is 3.99. The number of aromatic nitrogens is 2. The van der Waals surface area contributed by atoms with Crippen molar-refractivity contribution in [2.45, 2.75) is 6.92 Å². The highest BCUT2D eigenvalue weighted by atomic mass is 32.1. The zero-order valence-electron chi connectivity index (χ0n) is 9.45. The second kappa shape index (κ2) is 3.64. The van der Waals surface area contributed by atoms with Crippen LogP contribution in [0.25, 0.3) is 16.2 Å². The van der Waals surface area contributed by atoms with Crippen molar-refractivity contribution in [2.75, 3.05) is 0 Å². The summed E-state index contributed by atoms with van der Waals surface area (Å²) in [6, 6.07) is 2.84. The number of hydrogen-bond donors (Lipinski definition) is 3. The lowest BCUT2D eigenvalue weighted by molar-refractivity contribution is 0.369. The minimum atomic E-state index is -0.528. The van der Waals surface area contributed by atoms with Gasteiger partial charge in [0, 0.05) is 22.8 Å². The van der Waals surface area contributed by atoms with Crippen LogP contribution >= 0.6 is 11.3 Å². The van der Waals surface area contributed by atoms with E-state index >= 15 is 0 Å². The Morgan fingerprint density at radius 1 is 1.11 bits per heavy atom. The minimum Gasteiger partial charge on any atom is -0.504 e. The number of thiazole rings is 1. The van der Waals surface area contributed by atoms with Gasteiger partial charge in [0.2, 0.25) is 5.75 Å². The van der Waals surface area contributed by atoms with Gasteiger partial charge in [-0.15, -0.1) is 11.3 Å². The maximum absolute atomic E-state index is 9.79. The molecule has 0 aliphatic heterocycles. The van der Waals surface area contributed by atoms with E-state index in [1.807, 2.05) is 17.5 Å². The van der Waals surface area contributed by atoms with Crippen molar-refractivity contribution >= 4 is 16.3 Å². The molecule has 6 heteroatoms. The van der Waals surface area contributed by atoms with Gasteiger partial charge in [-0.3, -0.25) is 4.40 Å². The van der Waals surface area contributed by atoms with E-state index in [2.05, 4.69) is 4.98 Å². The largest absolute Gasteiger partial charge is 0.504 e. The summed E-state index contributed by atoms with van der Waals surface area (Å²) in [6.45, 7) is 1.99. The Morgan fingerprint density at radius 3 is 2.61 bits per heavy atom. The van der Waals surface area contributed by atoms with Gasteiger partial charge in [-0.25, -0.2) is 4.98 Å². The summed E-state index contributed by atoms with van der Waals surface area (Å²) in [6.07, 6.45) is 3.71. The summed E-state index contributed by atoms with van der Waals surface area (Å²) in [5.74, 6) is -1.24. The van der Waals surface area contributed by atoms with Gasteiger partial charge in [-0.1, -0.05) is 0 Å². The molecule has 0 fully saturated rings. The van der Waals surface area contributed by atoms with Crippen LogP contribution in [-0.4, -0.2) is 24.7 Å². The lowest BCUT2D eigenvalue weighted by Crippen LogP contribution is -1.80. The molecule has 92 valence electrons. The Bertz CT molecular complexity index is 714. The van der Waals surface area contributed by atoms with E-state index in [1.165, 1.54) is 23.5 Å². The highest BCUT2D eigenvalue weighted by molar-refractivity contribution is 7.17. The number of aromatic hydroxyl groups is 3. The minimum absolute atomic E-state index is 0.354. The smallest absolute Gasteiger partial charge is 0.200 e. The summed E-state index contributed by atoms with van der Waals surface area (Å²) in [7, 11) is 0. The van der Waals surface area contributed by atoms with Gasteiger partial charge in [0.1, 0.15) is 0 Å². The molecule has 0 atom stereocenters. The van der Waals surface area contributed by atoms with Gasteiger partial charge in [-0.05, 0) is 19.1 Å². The Hall–Kier alpha value is -2.21. The fraction of sp³-hybridized carbons (Fsp3) is 0.0833. The topological polar surface area (TPSA) is 78.0 Å². The summed E-state index contributed by atoms with van der Waals surface area (Å²) in [5.41, 5.74) is 0.938. The number of imidazole rings is 1. The van der Waals surface area contributed by atoms with Crippen molar-refractivity contribution in [2.24, 2.45) is 0 Å². The second-order valence-corrected chi connectivity index (χ2v) is 5.20. The predicted octanol–water partition coefficient (Wildman–Crippen LogP) is 2.49. The van der Waals surface area contributed by atoms with Crippen LogP contribution in [0, 0.1) is 6.92 Å². The molecule has 0 radical (unpaired) electrons. The molecule has 0 saturated carbocycles. The number of fused-ring (bicyclic) bond motifs is 1. The third-order valence-electron chi connectivity index (χ3n) is 2.68. The molecule has 3 N–H and O–H groups in total. The van der Waals surface area contributed by atoms with E-state index in [-0.39, 0.29) is 11.5 Å². The van der Waals surface area contributed by atoms with E-state index < -0.39 is 5.75 Å². The molecule has 3 aromatic rings. The standard InChI is InChI=1S/C12H10N2O3S/c1-6-4-14-5-8(13-12(14)18-6)7-2-3-9(15)11(17)10(7)16/h2-5,15-17H,1H3. The number of rotatable bonds is 1. The Kier molecular flexibility index (Phi) is 2.21. The van der Waals surface area contributed by atoms with Crippen LogP contribution in [0.15, 0.2) is 24.5 Å². The summed E-state index contributed by atoms with van der Waals surface area (Å²) < 4.78 is 1.86. The third kappa shape index (κ3) is 1.50. The van der Waals surface area contributed by atoms with Crippen LogP contribution < -0.4 is 0 Å². The van der Waals surface area contributed by atoms with Gasteiger partial charge in [-0.2, -0.15) is 0 Å². The molecule has 0 aliphatic rings. The molecule has 0 amide bonds. The number of nitrogens with zero attached hydrogens (tertiary/aromatic N) is 2. The first-order chi connectivity index (χ1) is 8.56. The lowest BCUT2D eigenvalue weighted by atomic mass is 10.1. The van der Waals surface area contributed by atoms with Crippen molar-refractivity contribution in [3.8, 4) is 28.5 Å². The predicted molar refractivity (Wildman–Crippen MR) is 68.2 cm³/mol. The van der Waals surface area contributed by atoms with Crippen LogP contribution in [-0.2, 0) is 0 Å². The van der Waals surface area contributed by atoms with Gasteiger partial charge >= 0.3 is 0 Å². The molecular weight excluding hydrogens is 252 g/mol. The number of phenolic OH excluding ortho intramolecular Hbond substituents is 3. The van der Waals surface area contributed by atoms with Gasteiger partial charge in [0.25, 0.3) is 0 Å². The zero-order valence-corrected chi connectivity index (χ0v) is 10.3. The molecule has 3 rings (SSSR count). The average Bonchev–Trinajstić information content (AvgIpc) is 2.83. The average molecular weight is 262 g/mol. The van der Waals surface area contributed by atoms with Crippen LogP contribution in [0.2, 0.25) is 0 Å². The fourth-order valence-corrected chi connectivity index (χ4v) is 2.63. The van der Waals surface area contributed by atoms with Crippen LogP contribution in [0.3, 0.4) is 0 Å². The molecule has 2 heterocycles. The number of benzene rings is 1. The van der Waals surface area contributed by atoms with Crippen molar-refractivity contribution < 1.29 is 15.3 Å². The molecular formula is C12H10N2O3S. The lowest BCUT2D eigenvalue weighted by Gasteiger charge is -2.04. The first kappa shape index (κ1) is 10.9. The number of aryl methyl sites for hydroxylation is 1. The first-order valence-corrected chi connectivity index (χ1v) is 6.07.